The molecule has 0 spiro atoms. The van der Waals surface area contributed by atoms with E-state index in [1.165, 1.54) is 5.56 Å². The van der Waals surface area contributed by atoms with E-state index in [0.29, 0.717) is 0 Å². The summed E-state index contributed by atoms with van der Waals surface area (Å²) in [5, 5.41) is 4.90. The number of carbonyl (C=O) groups excluding carboxylic acids is 2. The summed E-state index contributed by atoms with van der Waals surface area (Å²) in [5.74, 6) is -0.300. The van der Waals surface area contributed by atoms with E-state index in [2.05, 4.69) is 17.6 Å². The summed E-state index contributed by atoms with van der Waals surface area (Å²) >= 11 is 0. The van der Waals surface area contributed by atoms with Crippen LogP contribution in [0, 0.1) is 0 Å². The van der Waals surface area contributed by atoms with E-state index in [0.717, 1.165) is 18.4 Å². The van der Waals surface area contributed by atoms with Crippen LogP contribution >= 0.6 is 0 Å². The number of benzene rings is 1. The van der Waals surface area contributed by atoms with Gasteiger partial charge in [-0.1, -0.05) is 37.6 Å². The quantitative estimate of drug-likeness (QED) is 0.779. The van der Waals surface area contributed by atoms with Crippen molar-refractivity contribution in [3.8, 4) is 0 Å². The second kappa shape index (κ2) is 4.20. The van der Waals surface area contributed by atoms with Gasteiger partial charge in [-0.2, -0.15) is 0 Å². The van der Waals surface area contributed by atoms with Crippen molar-refractivity contribution < 1.29 is 9.59 Å². The molecule has 2 N–H and O–H groups in total. The average molecular weight is 232 g/mol. The molecular weight excluding hydrogens is 216 g/mol. The molecule has 0 aliphatic carbocycles. The van der Waals surface area contributed by atoms with Crippen LogP contribution in [-0.4, -0.2) is 11.9 Å². The second-order valence-corrected chi connectivity index (χ2v) is 4.48. The summed E-state index contributed by atoms with van der Waals surface area (Å²) < 4.78 is 0. The maximum absolute atomic E-state index is 11.7. The van der Waals surface area contributed by atoms with E-state index < -0.39 is 11.6 Å². The van der Waals surface area contributed by atoms with Crippen molar-refractivity contribution >= 4 is 11.9 Å². The van der Waals surface area contributed by atoms with Gasteiger partial charge in [-0.3, -0.25) is 10.1 Å². The Labute approximate surface area is 100 Å². The number of aryl methyl sites for hydroxylation is 1. The van der Waals surface area contributed by atoms with Crippen LogP contribution in [0.15, 0.2) is 24.3 Å². The summed E-state index contributed by atoms with van der Waals surface area (Å²) in [7, 11) is 0. The molecule has 90 valence electrons. The van der Waals surface area contributed by atoms with Crippen molar-refractivity contribution in [3.05, 3.63) is 35.4 Å². The first-order chi connectivity index (χ1) is 8.06. The largest absolute Gasteiger partial charge is 0.322 e. The van der Waals surface area contributed by atoms with Gasteiger partial charge in [0.1, 0.15) is 5.54 Å². The highest BCUT2D eigenvalue weighted by molar-refractivity contribution is 6.07. The number of amides is 3. The van der Waals surface area contributed by atoms with Crippen LogP contribution in [0.2, 0.25) is 0 Å². The Morgan fingerprint density at radius 1 is 1.18 bits per heavy atom. The van der Waals surface area contributed by atoms with Crippen molar-refractivity contribution in [2.45, 2.75) is 32.2 Å². The Morgan fingerprint density at radius 2 is 1.82 bits per heavy atom. The van der Waals surface area contributed by atoms with Crippen molar-refractivity contribution in [3.63, 3.8) is 0 Å². The van der Waals surface area contributed by atoms with Gasteiger partial charge in [0.05, 0.1) is 0 Å². The fourth-order valence-corrected chi connectivity index (χ4v) is 2.04. The maximum atomic E-state index is 11.7. The monoisotopic (exact) mass is 232 g/mol. The third-order valence-corrected chi connectivity index (χ3v) is 3.11. The minimum Gasteiger partial charge on any atom is -0.320 e. The molecule has 1 aromatic carbocycles. The normalized spacial score (nSPS) is 23.4. The highest BCUT2D eigenvalue weighted by atomic mass is 16.2. The summed E-state index contributed by atoms with van der Waals surface area (Å²) in [5.41, 5.74) is 1.10. The van der Waals surface area contributed by atoms with Gasteiger partial charge >= 0.3 is 6.03 Å². The van der Waals surface area contributed by atoms with Gasteiger partial charge in [-0.15, -0.1) is 0 Å². The zero-order valence-electron chi connectivity index (χ0n) is 10.0. The molecule has 0 aromatic heterocycles. The van der Waals surface area contributed by atoms with E-state index in [9.17, 15) is 9.59 Å². The van der Waals surface area contributed by atoms with Crippen LogP contribution in [0.5, 0.6) is 0 Å². The van der Waals surface area contributed by atoms with Gasteiger partial charge in [0.25, 0.3) is 5.91 Å². The van der Waals surface area contributed by atoms with Gasteiger partial charge in [-0.25, -0.2) is 4.79 Å². The lowest BCUT2D eigenvalue weighted by molar-refractivity contribution is -0.123. The predicted molar refractivity (Wildman–Crippen MR) is 64.5 cm³/mol. The Kier molecular flexibility index (Phi) is 2.88. The van der Waals surface area contributed by atoms with Crippen molar-refractivity contribution in [2.24, 2.45) is 0 Å². The number of hydrogen-bond donors (Lipinski definition) is 2. The maximum Gasteiger partial charge on any atom is 0.322 e. The molecule has 0 bridgehead atoms. The molecule has 2 rings (SSSR count). The molecule has 1 aliphatic rings. The molecule has 4 heteroatoms. The van der Waals surface area contributed by atoms with Gasteiger partial charge in [0.15, 0.2) is 0 Å². The van der Waals surface area contributed by atoms with Crippen LogP contribution in [0.4, 0.5) is 4.79 Å². The van der Waals surface area contributed by atoms with Crippen molar-refractivity contribution in [1.82, 2.24) is 10.6 Å². The van der Waals surface area contributed by atoms with Crippen molar-refractivity contribution in [2.75, 3.05) is 0 Å². The summed E-state index contributed by atoms with van der Waals surface area (Å²) in [6.45, 7) is 3.84. The lowest BCUT2D eigenvalue weighted by Crippen LogP contribution is -2.40. The van der Waals surface area contributed by atoms with E-state index in [1.807, 2.05) is 24.3 Å². The van der Waals surface area contributed by atoms with Gasteiger partial charge in [0, 0.05) is 0 Å². The Bertz CT molecular complexity index is 453. The number of rotatable bonds is 3. The third-order valence-electron chi connectivity index (χ3n) is 3.11. The highest BCUT2D eigenvalue weighted by Crippen LogP contribution is 2.24. The molecule has 0 radical (unpaired) electrons. The van der Waals surface area contributed by atoms with Crippen LogP contribution in [-0.2, 0) is 16.8 Å². The van der Waals surface area contributed by atoms with Gasteiger partial charge in [-0.05, 0) is 24.5 Å². The van der Waals surface area contributed by atoms with Crippen LogP contribution in [0.1, 0.15) is 31.4 Å². The molecule has 1 aliphatic heterocycles. The fraction of sp³-hybridized carbons (Fsp3) is 0.385. The molecule has 0 saturated carbocycles. The van der Waals surface area contributed by atoms with Crippen LogP contribution in [0.3, 0.4) is 0 Å². The summed E-state index contributed by atoms with van der Waals surface area (Å²) in [6, 6.07) is 7.37. The first-order valence-corrected chi connectivity index (χ1v) is 5.79. The standard InChI is InChI=1S/C13H16N2O2/c1-3-4-9-5-7-10(8-6-9)13(2)11(16)14-12(17)15-13/h5-8H,3-4H2,1-2H3,(H2,14,15,16,17). The van der Waals surface area contributed by atoms with E-state index >= 15 is 0 Å². The van der Waals surface area contributed by atoms with Crippen LogP contribution < -0.4 is 10.6 Å². The molecular formula is C13H16N2O2. The molecule has 3 amide bonds. The summed E-state index contributed by atoms with van der Waals surface area (Å²) in [4.78, 5) is 22.9. The molecule has 1 atom stereocenters. The molecule has 17 heavy (non-hydrogen) atoms. The summed E-state index contributed by atoms with van der Waals surface area (Å²) in [6.07, 6.45) is 2.11. The number of urea groups is 1. The Morgan fingerprint density at radius 3 is 2.29 bits per heavy atom. The molecule has 1 aromatic rings. The van der Waals surface area contributed by atoms with E-state index in [1.54, 1.807) is 6.92 Å². The smallest absolute Gasteiger partial charge is 0.320 e. The minimum absolute atomic E-state index is 0.300. The lowest BCUT2D eigenvalue weighted by atomic mass is 9.91. The van der Waals surface area contributed by atoms with Crippen LogP contribution in [0.25, 0.3) is 0 Å². The van der Waals surface area contributed by atoms with Crippen molar-refractivity contribution in [1.29, 1.82) is 0 Å². The molecule has 1 saturated heterocycles. The van der Waals surface area contributed by atoms with E-state index in [-0.39, 0.29) is 5.91 Å². The molecule has 1 fully saturated rings. The topological polar surface area (TPSA) is 58.2 Å². The van der Waals surface area contributed by atoms with E-state index in [4.69, 9.17) is 0 Å². The average Bonchev–Trinajstić information content (AvgIpc) is 2.55. The predicted octanol–water partition coefficient (Wildman–Crippen LogP) is 1.69. The minimum atomic E-state index is -0.943. The lowest BCUT2D eigenvalue weighted by Gasteiger charge is -2.21. The molecule has 1 heterocycles. The Hall–Kier alpha value is -1.84. The first-order valence-electron chi connectivity index (χ1n) is 5.79. The number of hydrogen-bond acceptors (Lipinski definition) is 2. The first kappa shape index (κ1) is 11.6. The number of nitrogens with one attached hydrogen (secondary N) is 2. The SMILES string of the molecule is CCCc1ccc(C2(C)NC(=O)NC2=O)cc1. The zero-order valence-corrected chi connectivity index (χ0v) is 10.0. The van der Waals surface area contributed by atoms with Gasteiger partial charge < -0.3 is 5.32 Å². The molecule has 4 nitrogen and oxygen atoms in total. The fourth-order valence-electron chi connectivity index (χ4n) is 2.04. The Balaban J connectivity index is 2.28. The zero-order chi connectivity index (χ0) is 12.5. The number of imide groups is 1. The highest BCUT2D eigenvalue weighted by Gasteiger charge is 2.43. The number of carbonyl (C=O) groups is 2. The third kappa shape index (κ3) is 2.02. The molecule has 1 unspecified atom stereocenters. The van der Waals surface area contributed by atoms with Gasteiger partial charge in [0.2, 0.25) is 0 Å². The second-order valence-electron chi connectivity index (χ2n) is 4.48.